The van der Waals surface area contributed by atoms with Gasteiger partial charge in [0.25, 0.3) is 7.82 Å². The zero-order valence-electron chi connectivity index (χ0n) is 36.5. The van der Waals surface area contributed by atoms with Crippen LogP contribution in [-0.4, -0.2) is 74.5 Å². The maximum Gasteiger partial charge on any atom is 0.306 e. The molecule has 0 aliphatic rings. The highest BCUT2D eigenvalue weighted by Crippen LogP contribution is 2.41. The molecule has 0 bridgehead atoms. The van der Waals surface area contributed by atoms with Crippen molar-refractivity contribution >= 4 is 19.6 Å². The van der Waals surface area contributed by atoms with Crippen LogP contribution < -0.4 is 4.89 Å². The van der Waals surface area contributed by atoms with Gasteiger partial charge in [0.05, 0.1) is 34.4 Å². The Morgan fingerprint density at radius 3 is 1.52 bits per heavy atom. The number of likely N-dealkylation sites (N-methyl/N-ethyl adjacent to an activating group) is 1. The van der Waals surface area contributed by atoms with Crippen LogP contribution in [0, 0.1) is 0 Å². The van der Waals surface area contributed by atoms with E-state index in [-0.39, 0.29) is 25.2 Å². The van der Waals surface area contributed by atoms with Gasteiger partial charge >= 0.3 is 5.97 Å². The number of Topliss-reactive ketones (excluding diaryl/α,β-unsaturated/α-hetero) is 1. The number of carbonyl (C=O) groups excluding carboxylic acids is 2. The molecule has 0 fully saturated rings. The van der Waals surface area contributed by atoms with Gasteiger partial charge < -0.3 is 28.3 Å². The summed E-state index contributed by atoms with van der Waals surface area (Å²) in [4.78, 5) is 38.2. The quantitative estimate of drug-likeness (QED) is 0.0213. The molecule has 0 spiro atoms. The molecule has 0 aliphatic carbocycles. The minimum Gasteiger partial charge on any atom is -0.756 e. The third-order valence-electron chi connectivity index (χ3n) is 9.49. The van der Waals surface area contributed by atoms with E-state index in [1.807, 2.05) is 27.2 Å². The van der Waals surface area contributed by atoms with Crippen LogP contribution in [0.3, 0.4) is 0 Å². The summed E-state index contributed by atoms with van der Waals surface area (Å²) in [7, 11) is 0.644. The molecule has 3 atom stereocenters. The van der Waals surface area contributed by atoms with Crippen LogP contribution in [0.5, 0.6) is 0 Å². The highest BCUT2D eigenvalue weighted by molar-refractivity contribution is 7.45. The first-order chi connectivity index (χ1) is 26.9. The molecule has 326 valence electrons. The van der Waals surface area contributed by atoms with Crippen molar-refractivity contribution in [2.75, 3.05) is 40.9 Å². The maximum absolute atomic E-state index is 13.1. The molecular formula is C46H84NO8P. The first-order valence-corrected chi connectivity index (χ1v) is 23.8. The van der Waals surface area contributed by atoms with Gasteiger partial charge in [-0.3, -0.25) is 14.2 Å². The van der Waals surface area contributed by atoms with Crippen molar-refractivity contribution in [3.63, 3.8) is 0 Å². The summed E-state index contributed by atoms with van der Waals surface area (Å²) in [6, 6.07) is 0. The van der Waals surface area contributed by atoms with Crippen LogP contribution in [0.1, 0.15) is 181 Å². The zero-order valence-corrected chi connectivity index (χ0v) is 37.4. The normalized spacial score (nSPS) is 14.7. The zero-order chi connectivity index (χ0) is 41.6. The van der Waals surface area contributed by atoms with Gasteiger partial charge in [-0.05, 0) is 51.4 Å². The van der Waals surface area contributed by atoms with E-state index in [0.717, 1.165) is 38.5 Å². The highest BCUT2D eigenvalue weighted by atomic mass is 31.2. The van der Waals surface area contributed by atoms with E-state index in [0.29, 0.717) is 23.7 Å². The summed E-state index contributed by atoms with van der Waals surface area (Å²) in [6.07, 6.45) is 42.5. The minimum absolute atomic E-state index is 0.124. The standard InChI is InChI=1S/C46H84NO8P/c1-6-8-10-12-14-16-18-20-22-23-25-27-29-31-33-35-37-39-46(50)54-43(41-48)42-53-56(51,52)55-45(40-47(3,4)5)44(49)38-36-34-32-30-28-26-24-21-19-17-15-13-11-9-7-2/h14,16,20,22,25,27,31,33,43,45,48H,6-13,15,17-19,21,23-24,26,28-30,32,34-42H2,1-5H3/b16-14-,22-20-,27-25-,33-31-/t43-,45?/m1/s1. The number of allylic oxidation sites excluding steroid dienone is 8. The number of aliphatic hydroxyl groups excluding tert-OH is 1. The number of hydrogen-bond donors (Lipinski definition) is 1. The lowest BCUT2D eigenvalue weighted by Crippen LogP contribution is -2.45. The molecule has 0 aromatic carbocycles. The molecule has 0 radical (unpaired) electrons. The molecule has 0 aliphatic heterocycles. The number of ketones is 1. The average molecular weight is 810 g/mol. The number of esters is 1. The van der Waals surface area contributed by atoms with Gasteiger partial charge in [0.15, 0.2) is 11.9 Å². The molecule has 1 N–H and O–H groups in total. The molecule has 0 heterocycles. The first kappa shape index (κ1) is 54.1. The summed E-state index contributed by atoms with van der Waals surface area (Å²) in [5.74, 6) is -0.821. The number of phosphoric ester groups is 1. The summed E-state index contributed by atoms with van der Waals surface area (Å²) in [6.45, 7) is 3.43. The van der Waals surface area contributed by atoms with Crippen LogP contribution in [0.2, 0.25) is 0 Å². The lowest BCUT2D eigenvalue weighted by molar-refractivity contribution is -0.872. The molecule has 2 unspecified atom stereocenters. The fourth-order valence-electron chi connectivity index (χ4n) is 6.18. The predicted molar refractivity (Wildman–Crippen MR) is 231 cm³/mol. The van der Waals surface area contributed by atoms with Crippen molar-refractivity contribution in [3.05, 3.63) is 48.6 Å². The Morgan fingerprint density at radius 1 is 0.625 bits per heavy atom. The fourth-order valence-corrected chi connectivity index (χ4v) is 7.08. The monoisotopic (exact) mass is 810 g/mol. The van der Waals surface area contributed by atoms with Crippen molar-refractivity contribution in [3.8, 4) is 0 Å². The Kier molecular flexibility index (Phi) is 36.2. The second-order valence-electron chi connectivity index (χ2n) is 16.3. The van der Waals surface area contributed by atoms with Gasteiger partial charge in [-0.2, -0.15) is 0 Å². The van der Waals surface area contributed by atoms with E-state index in [4.69, 9.17) is 13.8 Å². The number of rotatable bonds is 40. The Morgan fingerprint density at radius 2 is 1.05 bits per heavy atom. The smallest absolute Gasteiger partial charge is 0.306 e. The van der Waals surface area contributed by atoms with Gasteiger partial charge in [0, 0.05) is 12.8 Å². The van der Waals surface area contributed by atoms with Crippen LogP contribution in [0.25, 0.3) is 0 Å². The topological polar surface area (TPSA) is 122 Å². The molecule has 9 nitrogen and oxygen atoms in total. The number of ether oxygens (including phenoxy) is 1. The molecule has 0 rings (SSSR count). The van der Waals surface area contributed by atoms with Crippen molar-refractivity contribution in [1.29, 1.82) is 0 Å². The van der Waals surface area contributed by atoms with E-state index in [1.165, 1.54) is 96.3 Å². The molecule has 0 saturated heterocycles. The van der Waals surface area contributed by atoms with E-state index in [9.17, 15) is 24.2 Å². The number of carbonyl (C=O) groups is 2. The van der Waals surface area contributed by atoms with Crippen molar-refractivity contribution in [1.82, 2.24) is 0 Å². The van der Waals surface area contributed by atoms with Gasteiger partial charge in [-0.25, -0.2) is 0 Å². The molecule has 0 amide bonds. The van der Waals surface area contributed by atoms with E-state index >= 15 is 0 Å². The minimum atomic E-state index is -4.93. The summed E-state index contributed by atoms with van der Waals surface area (Å²) in [5, 5.41) is 9.71. The number of quaternary nitrogens is 1. The van der Waals surface area contributed by atoms with Gasteiger partial charge in [-0.1, -0.05) is 165 Å². The fraction of sp³-hybridized carbons (Fsp3) is 0.783. The molecule has 10 heteroatoms. The number of unbranched alkanes of at least 4 members (excludes halogenated alkanes) is 18. The Hall–Kier alpha value is -1.87. The van der Waals surface area contributed by atoms with Crippen LogP contribution >= 0.6 is 7.82 Å². The number of nitrogens with zero attached hydrogens (tertiary/aromatic N) is 1. The second kappa shape index (κ2) is 37.4. The number of aliphatic hydroxyl groups is 1. The molecular weight excluding hydrogens is 725 g/mol. The van der Waals surface area contributed by atoms with E-state index in [1.54, 1.807) is 0 Å². The van der Waals surface area contributed by atoms with Crippen LogP contribution in [-0.2, 0) is 27.9 Å². The maximum atomic E-state index is 13.1. The van der Waals surface area contributed by atoms with Crippen molar-refractivity contribution in [2.45, 2.75) is 193 Å². The molecule has 0 saturated carbocycles. The first-order valence-electron chi connectivity index (χ1n) is 22.3. The van der Waals surface area contributed by atoms with E-state index < -0.39 is 39.2 Å². The highest BCUT2D eigenvalue weighted by Gasteiger charge is 2.30. The lowest BCUT2D eigenvalue weighted by atomic mass is 10.0. The third-order valence-corrected chi connectivity index (χ3v) is 10.5. The van der Waals surface area contributed by atoms with Gasteiger partial charge in [0.2, 0.25) is 0 Å². The van der Waals surface area contributed by atoms with Gasteiger partial charge in [0.1, 0.15) is 12.6 Å². The molecule has 56 heavy (non-hydrogen) atoms. The second-order valence-corrected chi connectivity index (χ2v) is 17.6. The van der Waals surface area contributed by atoms with Crippen molar-refractivity contribution < 1.29 is 42.4 Å². The predicted octanol–water partition coefficient (Wildman–Crippen LogP) is 11.4. The largest absolute Gasteiger partial charge is 0.756 e. The summed E-state index contributed by atoms with van der Waals surface area (Å²) < 4.78 is 28.7. The molecule has 0 aromatic rings. The van der Waals surface area contributed by atoms with Crippen LogP contribution in [0.4, 0.5) is 0 Å². The Balaban J connectivity index is 4.34. The van der Waals surface area contributed by atoms with E-state index in [2.05, 4.69) is 56.4 Å². The summed E-state index contributed by atoms with van der Waals surface area (Å²) >= 11 is 0. The average Bonchev–Trinajstić information content (AvgIpc) is 3.15. The third kappa shape index (κ3) is 37.7. The Bertz CT molecular complexity index is 1110. The molecule has 0 aromatic heterocycles. The number of phosphoric acid groups is 1. The SMILES string of the molecule is CCCCC/C=C\C/C=C\C/C=C\C/C=C\CCCC(=O)O[C@H](CO)COP(=O)([O-])OC(C[N+](C)(C)C)C(=O)CCCCCCCCCCCCCCCCC. The van der Waals surface area contributed by atoms with Crippen LogP contribution in [0.15, 0.2) is 48.6 Å². The Labute approximate surface area is 343 Å². The van der Waals surface area contributed by atoms with Gasteiger partial charge in [-0.15, -0.1) is 0 Å². The summed E-state index contributed by atoms with van der Waals surface area (Å²) in [5.41, 5.74) is 0. The lowest BCUT2D eigenvalue weighted by Gasteiger charge is -2.32. The van der Waals surface area contributed by atoms with Crippen molar-refractivity contribution in [2.24, 2.45) is 0 Å². The number of hydrogen-bond acceptors (Lipinski definition) is 8.